The van der Waals surface area contributed by atoms with Gasteiger partial charge in [-0.15, -0.1) is 0 Å². The lowest BCUT2D eigenvalue weighted by Gasteiger charge is -2.02. The molecule has 5 heteroatoms. The fraction of sp³-hybridized carbons (Fsp3) is 0.250. The lowest BCUT2D eigenvalue weighted by molar-refractivity contribution is 0.673. The molecule has 0 unspecified atom stereocenters. The van der Waals surface area contributed by atoms with Gasteiger partial charge in [0.2, 0.25) is 0 Å². The van der Waals surface area contributed by atoms with Gasteiger partial charge in [-0.25, -0.2) is 4.52 Å². The molecule has 0 saturated carbocycles. The molecule has 0 radical (unpaired) electrons. The van der Waals surface area contributed by atoms with E-state index in [0.29, 0.717) is 18.6 Å². The van der Waals surface area contributed by atoms with Gasteiger partial charge >= 0.3 is 0 Å². The van der Waals surface area contributed by atoms with Crippen molar-refractivity contribution in [2.75, 3.05) is 6.54 Å². The third kappa shape index (κ3) is 1.23. The molecule has 5 nitrogen and oxygen atoms in total. The Labute approximate surface area is 74.4 Å². The second-order valence-corrected chi connectivity index (χ2v) is 2.75. The monoisotopic (exact) mass is 178 g/mol. The van der Waals surface area contributed by atoms with Crippen LogP contribution < -0.4 is 11.3 Å². The van der Waals surface area contributed by atoms with Crippen molar-refractivity contribution in [3.05, 3.63) is 35.0 Å². The number of fused-ring (bicyclic) bond motifs is 1. The van der Waals surface area contributed by atoms with E-state index in [1.165, 1.54) is 0 Å². The Hall–Kier alpha value is -1.62. The highest BCUT2D eigenvalue weighted by Crippen LogP contribution is 1.93. The van der Waals surface area contributed by atoms with Crippen LogP contribution in [0.4, 0.5) is 0 Å². The Bertz CT molecular complexity index is 470. The highest BCUT2D eigenvalue weighted by molar-refractivity contribution is 5.42. The van der Waals surface area contributed by atoms with Gasteiger partial charge in [0.25, 0.3) is 5.56 Å². The summed E-state index contributed by atoms with van der Waals surface area (Å²) in [5.74, 6) is 0. The van der Waals surface area contributed by atoms with E-state index < -0.39 is 0 Å². The number of hydrogen-bond donors (Lipinski definition) is 1. The lowest BCUT2D eigenvalue weighted by atomic mass is 10.5. The molecule has 0 aliphatic heterocycles. The van der Waals surface area contributed by atoms with Crippen LogP contribution >= 0.6 is 0 Å². The molecule has 13 heavy (non-hydrogen) atoms. The maximum atomic E-state index is 11.6. The van der Waals surface area contributed by atoms with Gasteiger partial charge in [0.05, 0.1) is 6.20 Å². The van der Waals surface area contributed by atoms with Crippen LogP contribution in [0.1, 0.15) is 0 Å². The summed E-state index contributed by atoms with van der Waals surface area (Å²) in [4.78, 5) is 11.6. The predicted octanol–water partition coefficient (Wildman–Crippen LogP) is -0.545. The van der Waals surface area contributed by atoms with Crippen molar-refractivity contribution in [1.29, 1.82) is 0 Å². The van der Waals surface area contributed by atoms with E-state index in [1.807, 2.05) is 0 Å². The summed E-state index contributed by atoms with van der Waals surface area (Å²) in [5, 5.41) is 3.95. The highest BCUT2D eigenvalue weighted by Gasteiger charge is 2.00. The average Bonchev–Trinajstić information content (AvgIpc) is 2.58. The van der Waals surface area contributed by atoms with Gasteiger partial charge < -0.3 is 10.3 Å². The van der Waals surface area contributed by atoms with Crippen LogP contribution in [0.2, 0.25) is 0 Å². The molecule has 0 aromatic carbocycles. The zero-order valence-electron chi connectivity index (χ0n) is 7.05. The van der Waals surface area contributed by atoms with Gasteiger partial charge in [-0.3, -0.25) is 4.79 Å². The minimum Gasteiger partial charge on any atom is -0.329 e. The Morgan fingerprint density at radius 1 is 1.46 bits per heavy atom. The number of nitrogens with zero attached hydrogens (tertiary/aromatic N) is 3. The first-order valence-corrected chi connectivity index (χ1v) is 4.06. The summed E-state index contributed by atoms with van der Waals surface area (Å²) >= 11 is 0. The predicted molar refractivity (Wildman–Crippen MR) is 48.5 cm³/mol. The van der Waals surface area contributed by atoms with Crippen LogP contribution in [0.25, 0.3) is 5.52 Å². The summed E-state index contributed by atoms with van der Waals surface area (Å²) in [6, 6.07) is 1.69. The van der Waals surface area contributed by atoms with Crippen molar-refractivity contribution < 1.29 is 0 Å². The summed E-state index contributed by atoms with van der Waals surface area (Å²) in [7, 11) is 0. The topological polar surface area (TPSA) is 65.3 Å². The number of nitrogens with two attached hydrogens (primary N) is 1. The fourth-order valence-electron chi connectivity index (χ4n) is 1.28. The van der Waals surface area contributed by atoms with Gasteiger partial charge in [0.1, 0.15) is 5.52 Å². The third-order valence-electron chi connectivity index (χ3n) is 1.91. The van der Waals surface area contributed by atoms with E-state index in [-0.39, 0.29) is 5.56 Å². The van der Waals surface area contributed by atoms with Crippen molar-refractivity contribution in [3.63, 3.8) is 0 Å². The van der Waals surface area contributed by atoms with E-state index in [0.717, 1.165) is 0 Å². The second-order valence-electron chi connectivity index (χ2n) is 2.75. The maximum Gasteiger partial charge on any atom is 0.276 e. The van der Waals surface area contributed by atoms with E-state index in [1.54, 1.807) is 33.7 Å². The molecule has 0 amide bonds. The maximum absolute atomic E-state index is 11.6. The first kappa shape index (κ1) is 8.00. The molecule has 2 N–H and O–H groups in total. The van der Waals surface area contributed by atoms with E-state index >= 15 is 0 Å². The lowest BCUT2D eigenvalue weighted by Crippen LogP contribution is -2.24. The van der Waals surface area contributed by atoms with Crippen molar-refractivity contribution >= 4 is 5.52 Å². The molecule has 0 spiro atoms. The molecule has 68 valence electrons. The third-order valence-corrected chi connectivity index (χ3v) is 1.91. The molecular formula is C8H10N4O. The van der Waals surface area contributed by atoms with E-state index in [2.05, 4.69) is 5.10 Å². The van der Waals surface area contributed by atoms with E-state index in [4.69, 9.17) is 5.73 Å². The Morgan fingerprint density at radius 3 is 3.08 bits per heavy atom. The molecule has 2 aromatic heterocycles. The zero-order valence-corrected chi connectivity index (χ0v) is 7.05. The molecule has 0 fully saturated rings. The van der Waals surface area contributed by atoms with Crippen LogP contribution in [0.3, 0.4) is 0 Å². The summed E-state index contributed by atoms with van der Waals surface area (Å²) in [6.07, 6.45) is 5.03. The molecule has 2 aromatic rings. The van der Waals surface area contributed by atoms with Crippen LogP contribution in [-0.4, -0.2) is 20.7 Å². The normalized spacial score (nSPS) is 10.8. The van der Waals surface area contributed by atoms with Crippen molar-refractivity contribution in [3.8, 4) is 0 Å². The molecular weight excluding hydrogens is 168 g/mol. The van der Waals surface area contributed by atoms with Gasteiger partial charge in [0.15, 0.2) is 0 Å². The van der Waals surface area contributed by atoms with Crippen molar-refractivity contribution in [1.82, 2.24) is 14.2 Å². The quantitative estimate of drug-likeness (QED) is 0.671. The molecule has 0 aliphatic rings. The first-order valence-electron chi connectivity index (χ1n) is 4.06. The number of rotatable bonds is 2. The second kappa shape index (κ2) is 3.02. The summed E-state index contributed by atoms with van der Waals surface area (Å²) < 4.78 is 3.13. The molecule has 2 rings (SSSR count). The van der Waals surface area contributed by atoms with Gasteiger partial charge in [-0.05, 0) is 6.07 Å². The zero-order chi connectivity index (χ0) is 9.26. The molecule has 2 heterocycles. The summed E-state index contributed by atoms with van der Waals surface area (Å²) in [6.45, 7) is 1.00. The molecule has 0 bridgehead atoms. The molecule has 0 aliphatic carbocycles. The Balaban J connectivity index is 2.67. The standard InChI is InChI=1S/C8H10N4O/c9-2-4-11-5-6-12-7(8(11)13)1-3-10-12/h1,3,5-6H,2,4,9H2. The SMILES string of the molecule is NCCn1ccn2nccc2c1=O. The Kier molecular flexibility index (Phi) is 1.86. The summed E-state index contributed by atoms with van der Waals surface area (Å²) in [5.41, 5.74) is 5.90. The smallest absolute Gasteiger partial charge is 0.276 e. The molecule has 0 atom stereocenters. The van der Waals surface area contributed by atoms with Crippen LogP contribution in [-0.2, 0) is 6.54 Å². The average molecular weight is 178 g/mol. The minimum absolute atomic E-state index is 0.0505. The van der Waals surface area contributed by atoms with Gasteiger partial charge in [-0.1, -0.05) is 0 Å². The van der Waals surface area contributed by atoms with Crippen molar-refractivity contribution in [2.45, 2.75) is 6.54 Å². The number of aromatic nitrogens is 3. The number of hydrogen-bond acceptors (Lipinski definition) is 3. The van der Waals surface area contributed by atoms with Gasteiger partial charge in [-0.2, -0.15) is 5.10 Å². The Morgan fingerprint density at radius 2 is 2.31 bits per heavy atom. The van der Waals surface area contributed by atoms with Crippen LogP contribution in [0.15, 0.2) is 29.5 Å². The van der Waals surface area contributed by atoms with Crippen molar-refractivity contribution in [2.24, 2.45) is 5.73 Å². The molecule has 0 saturated heterocycles. The minimum atomic E-state index is -0.0505. The van der Waals surface area contributed by atoms with Gasteiger partial charge in [0, 0.05) is 25.5 Å². The fourth-order valence-corrected chi connectivity index (χ4v) is 1.28. The largest absolute Gasteiger partial charge is 0.329 e. The van der Waals surface area contributed by atoms with Crippen LogP contribution in [0.5, 0.6) is 0 Å². The van der Waals surface area contributed by atoms with E-state index in [9.17, 15) is 4.79 Å². The first-order chi connectivity index (χ1) is 6.33. The van der Waals surface area contributed by atoms with Crippen LogP contribution in [0, 0.1) is 0 Å². The highest BCUT2D eigenvalue weighted by atomic mass is 16.1.